The van der Waals surface area contributed by atoms with Crippen molar-refractivity contribution in [1.29, 1.82) is 0 Å². The van der Waals surface area contributed by atoms with Crippen molar-refractivity contribution in [3.8, 4) is 0 Å². The number of aryl methyl sites for hydroxylation is 1. The van der Waals surface area contributed by atoms with Gasteiger partial charge in [0.2, 0.25) is 0 Å². The van der Waals surface area contributed by atoms with E-state index in [0.717, 1.165) is 64.7 Å². The third-order valence-corrected chi connectivity index (χ3v) is 9.74. The van der Waals surface area contributed by atoms with E-state index in [1.165, 1.54) is 5.56 Å². The number of rotatable bonds is 12. The second-order valence-electron chi connectivity index (χ2n) is 11.6. The normalized spacial score (nSPS) is 15.0. The van der Waals surface area contributed by atoms with Crippen LogP contribution >= 0.6 is 23.4 Å². The van der Waals surface area contributed by atoms with E-state index in [1.54, 1.807) is 13.8 Å². The first kappa shape index (κ1) is 33.3. The van der Waals surface area contributed by atoms with Crippen LogP contribution in [0.25, 0.3) is 23.1 Å². The summed E-state index contributed by atoms with van der Waals surface area (Å²) in [6.45, 7) is 3.42. The van der Waals surface area contributed by atoms with Gasteiger partial charge in [0.15, 0.2) is 0 Å². The average Bonchev–Trinajstić information content (AvgIpc) is 3.70. The Balaban J connectivity index is 0.00000405. The summed E-state index contributed by atoms with van der Waals surface area (Å²) in [6, 6.07) is 26.1. The van der Waals surface area contributed by atoms with Crippen LogP contribution in [0, 0.1) is 5.41 Å². The number of carboxylic acids is 1. The van der Waals surface area contributed by atoms with E-state index in [1.807, 2.05) is 66.4 Å². The van der Waals surface area contributed by atoms with Crippen LogP contribution in [0.15, 0.2) is 78.9 Å². The quantitative estimate of drug-likeness (QED) is 0.159. The summed E-state index contributed by atoms with van der Waals surface area (Å²) < 4.78 is 0. The number of carbonyl (C=O) groups is 1. The fraction of sp³-hybridized carbons (Fsp3) is 0.314. The molecule has 0 aliphatic heterocycles. The molecular weight excluding hydrogens is 638 g/mol. The maximum absolute atomic E-state index is 12.8. The van der Waals surface area contributed by atoms with Crippen LogP contribution in [0.2, 0.25) is 5.02 Å². The van der Waals surface area contributed by atoms with E-state index in [2.05, 4.69) is 36.4 Å². The molecule has 1 aromatic heterocycles. The second kappa shape index (κ2) is 14.4. The molecule has 42 heavy (non-hydrogen) atoms. The zero-order valence-electron chi connectivity index (χ0n) is 24.1. The number of hydrogen-bond donors (Lipinski definition) is 0. The summed E-state index contributed by atoms with van der Waals surface area (Å²) in [4.78, 5) is 16.1. The Morgan fingerprint density at radius 3 is 2.55 bits per heavy atom. The smallest absolute Gasteiger partial charge is 0.846 e. The molecule has 0 bridgehead atoms. The summed E-state index contributed by atoms with van der Waals surface area (Å²) in [5.41, 5.74) is 4.56. The van der Waals surface area contributed by atoms with Crippen LogP contribution in [-0.4, -0.2) is 62.2 Å². The van der Waals surface area contributed by atoms with Crippen molar-refractivity contribution in [2.24, 2.45) is 5.41 Å². The molecule has 0 amide bonds. The first-order valence-electron chi connectivity index (χ1n) is 14.0. The standard InChI is InChI=1S/C35H35ClNO3S.Sr/c1-34(2,40)30-9-4-3-7-25(30)13-17-32(41-23-35(18-19-35)22-33(38)39)27-8-5-6-24(20-27)10-15-29-16-12-26-11-14-28(36)21-31(26)37-29;/h3-12,14-16,20-21,32H,13,17-19,22-23H2,1-2H3,(H,38,39);/q-1;+2/p-1/b15-10+;/t32-;/m1./s1. The van der Waals surface area contributed by atoms with Gasteiger partial charge in [0.25, 0.3) is 0 Å². The van der Waals surface area contributed by atoms with Crippen LogP contribution in [0.1, 0.15) is 72.7 Å². The van der Waals surface area contributed by atoms with Crippen molar-refractivity contribution in [2.75, 3.05) is 5.75 Å². The summed E-state index contributed by atoms with van der Waals surface area (Å²) in [5, 5.41) is 26.1. The summed E-state index contributed by atoms with van der Waals surface area (Å²) in [5.74, 6) is -0.188. The number of aliphatic carboxylic acids is 1. The number of fused-ring (bicyclic) bond motifs is 1. The van der Waals surface area contributed by atoms with Gasteiger partial charge in [-0.05, 0) is 84.2 Å². The molecule has 3 aromatic carbocycles. The number of benzene rings is 3. The number of halogens is 1. The van der Waals surface area contributed by atoms with E-state index in [9.17, 15) is 15.0 Å². The molecule has 1 fully saturated rings. The first-order valence-corrected chi connectivity index (χ1v) is 15.5. The molecule has 5 rings (SSSR count). The van der Waals surface area contributed by atoms with Crippen LogP contribution < -0.4 is 10.2 Å². The van der Waals surface area contributed by atoms with E-state index >= 15 is 0 Å². The molecule has 0 N–H and O–H groups in total. The minimum atomic E-state index is -1.17. The second-order valence-corrected chi connectivity index (χ2v) is 13.3. The summed E-state index contributed by atoms with van der Waals surface area (Å²) in [6.07, 6.45) is 7.68. The molecule has 1 heterocycles. The molecule has 0 spiro atoms. The Morgan fingerprint density at radius 1 is 1.05 bits per heavy atom. The predicted octanol–water partition coefficient (Wildman–Crippen LogP) is 6.60. The van der Waals surface area contributed by atoms with Gasteiger partial charge in [-0.15, -0.1) is 0 Å². The fourth-order valence-corrected chi connectivity index (χ4v) is 7.07. The number of carboxylic acid groups (broad SMARTS) is 1. The molecular formula is C35H34ClNO3SSr. The zero-order valence-corrected chi connectivity index (χ0v) is 29.2. The van der Waals surface area contributed by atoms with E-state index < -0.39 is 11.6 Å². The molecule has 4 aromatic rings. The number of hydrogen-bond acceptors (Lipinski definition) is 5. The van der Waals surface area contributed by atoms with E-state index in [4.69, 9.17) is 16.6 Å². The Morgan fingerprint density at radius 2 is 1.81 bits per heavy atom. The zero-order chi connectivity index (χ0) is 29.0. The van der Waals surface area contributed by atoms with Crippen molar-refractivity contribution >= 4 is 97.9 Å². The maximum Gasteiger partial charge on any atom is 2.00 e. The van der Waals surface area contributed by atoms with Gasteiger partial charge in [0, 0.05) is 21.6 Å². The van der Waals surface area contributed by atoms with Gasteiger partial charge in [-0.1, -0.05) is 103 Å². The maximum atomic E-state index is 12.8. The summed E-state index contributed by atoms with van der Waals surface area (Å²) >= 11 is 7.99. The van der Waals surface area contributed by atoms with E-state index in [-0.39, 0.29) is 62.6 Å². The van der Waals surface area contributed by atoms with Gasteiger partial charge >= 0.3 is 45.5 Å². The molecule has 0 radical (unpaired) electrons. The number of nitrogens with zero attached hydrogens (tertiary/aromatic N) is 1. The monoisotopic (exact) mass is 671 g/mol. The van der Waals surface area contributed by atoms with E-state index in [0.29, 0.717) is 5.02 Å². The molecule has 0 unspecified atom stereocenters. The van der Waals surface area contributed by atoms with Crippen LogP contribution in [-0.2, 0) is 16.8 Å². The molecule has 212 valence electrons. The summed E-state index contributed by atoms with van der Waals surface area (Å²) in [7, 11) is 0. The number of thioether (sulfide) groups is 1. The van der Waals surface area contributed by atoms with Gasteiger partial charge in [0.05, 0.1) is 11.2 Å². The molecule has 4 nitrogen and oxygen atoms in total. The van der Waals surface area contributed by atoms with Crippen LogP contribution in [0.3, 0.4) is 0 Å². The molecule has 1 aliphatic carbocycles. The van der Waals surface area contributed by atoms with Gasteiger partial charge in [-0.2, -0.15) is 11.8 Å². The number of aromatic nitrogens is 1. The molecule has 1 aliphatic rings. The Kier molecular flexibility index (Phi) is 11.4. The molecule has 1 atom stereocenters. The van der Waals surface area contributed by atoms with Gasteiger partial charge in [0.1, 0.15) is 0 Å². The van der Waals surface area contributed by atoms with Crippen molar-refractivity contribution in [3.05, 3.63) is 112 Å². The largest absolute Gasteiger partial charge is 2.00 e. The first-order chi connectivity index (χ1) is 19.6. The Hall–Kier alpha value is -1.64. The fourth-order valence-electron chi connectivity index (χ4n) is 5.33. The molecule has 0 saturated heterocycles. The van der Waals surface area contributed by atoms with Gasteiger partial charge in [-0.25, -0.2) is 4.98 Å². The average molecular weight is 672 g/mol. The Bertz CT molecular complexity index is 1580. The third kappa shape index (κ3) is 8.95. The molecule has 1 saturated carbocycles. The number of pyridine rings is 1. The minimum Gasteiger partial charge on any atom is -0.846 e. The topological polar surface area (TPSA) is 76.1 Å². The van der Waals surface area contributed by atoms with Crippen LogP contribution in [0.4, 0.5) is 0 Å². The predicted molar refractivity (Wildman–Crippen MR) is 172 cm³/mol. The number of carbonyl (C=O) groups excluding carboxylic acids is 1. The SMILES string of the molecule is CC(C)([O-])c1ccccc1CC[C@@H](SCC1(CC(=O)[O-])CC1)c1cccc(/C=C/c2ccc3ccc(Cl)cc3n2)c1.[Sr+2]. The molecule has 7 heteroatoms. The Labute approximate surface area is 294 Å². The van der Waals surface area contributed by atoms with Gasteiger partial charge < -0.3 is 15.0 Å². The van der Waals surface area contributed by atoms with Crippen molar-refractivity contribution in [2.45, 2.75) is 56.8 Å². The van der Waals surface area contributed by atoms with Crippen molar-refractivity contribution in [3.63, 3.8) is 0 Å². The van der Waals surface area contributed by atoms with Crippen LogP contribution in [0.5, 0.6) is 0 Å². The third-order valence-electron chi connectivity index (χ3n) is 7.81. The minimum absolute atomic E-state index is 0. The van der Waals surface area contributed by atoms with Crippen molar-refractivity contribution in [1.82, 2.24) is 4.98 Å². The van der Waals surface area contributed by atoms with Gasteiger partial charge in [-0.3, -0.25) is 0 Å². The van der Waals surface area contributed by atoms with Crippen molar-refractivity contribution < 1.29 is 15.0 Å².